The molecule has 0 spiro atoms. The largest absolute Gasteiger partial charge is 0.364 e. The Kier molecular flexibility index (Phi) is 5.80. The lowest BCUT2D eigenvalue weighted by atomic mass is 9.92. The highest BCUT2D eigenvalue weighted by atomic mass is 19.2. The second kappa shape index (κ2) is 8.51. The summed E-state index contributed by atoms with van der Waals surface area (Å²) in [5.41, 5.74) is 8.92. The maximum absolute atomic E-state index is 13.5. The van der Waals surface area contributed by atoms with Crippen molar-refractivity contribution < 1.29 is 8.78 Å². The zero-order chi connectivity index (χ0) is 21.3. The van der Waals surface area contributed by atoms with Crippen LogP contribution in [0.25, 0.3) is 11.0 Å². The van der Waals surface area contributed by atoms with Crippen molar-refractivity contribution in [2.45, 2.75) is 64.1 Å². The van der Waals surface area contributed by atoms with E-state index in [9.17, 15) is 8.78 Å². The number of nitrogens with two attached hydrogens (primary N) is 1. The molecular weight excluding hydrogens is 388 g/mol. The van der Waals surface area contributed by atoms with Gasteiger partial charge >= 0.3 is 0 Å². The topological polar surface area (TPSA) is 105 Å². The zero-order valence-electron chi connectivity index (χ0n) is 17.2. The Labute approximate surface area is 173 Å². The third-order valence-electron chi connectivity index (χ3n) is 5.55. The van der Waals surface area contributed by atoms with Gasteiger partial charge in [-0.1, -0.05) is 19.9 Å². The molecule has 0 bridgehead atoms. The fraction of sp³-hybridized carbons (Fsp3) is 0.476. The normalized spacial score (nSPS) is 19.4. The van der Waals surface area contributed by atoms with E-state index in [1.807, 2.05) is 0 Å². The first kappa shape index (κ1) is 20.5. The minimum absolute atomic E-state index is 0.212. The number of rotatable bonds is 6. The molecule has 0 atom stereocenters. The van der Waals surface area contributed by atoms with Crippen LogP contribution in [-0.4, -0.2) is 32.2 Å². The van der Waals surface area contributed by atoms with E-state index in [-0.39, 0.29) is 24.5 Å². The van der Waals surface area contributed by atoms with Gasteiger partial charge in [0.15, 0.2) is 23.0 Å². The van der Waals surface area contributed by atoms with Crippen LogP contribution in [0.2, 0.25) is 0 Å². The number of aromatic nitrogens is 4. The summed E-state index contributed by atoms with van der Waals surface area (Å²) in [4.78, 5) is 9.34. The number of halogens is 2. The molecule has 1 fully saturated rings. The van der Waals surface area contributed by atoms with Gasteiger partial charge in [-0.15, -0.1) is 0 Å². The summed E-state index contributed by atoms with van der Waals surface area (Å²) < 4.78 is 26.7. The summed E-state index contributed by atoms with van der Waals surface area (Å²) in [6, 6.07) is 4.37. The van der Waals surface area contributed by atoms with E-state index in [0.29, 0.717) is 22.8 Å². The van der Waals surface area contributed by atoms with Gasteiger partial charge in [0, 0.05) is 18.6 Å². The number of fused-ring (bicyclic) bond motifs is 1. The van der Waals surface area contributed by atoms with Crippen molar-refractivity contribution in [1.29, 1.82) is 0 Å². The first-order valence-corrected chi connectivity index (χ1v) is 10.4. The molecular formula is C21H27F2N7. The van der Waals surface area contributed by atoms with Crippen molar-refractivity contribution in [2.75, 3.05) is 10.6 Å². The molecule has 0 saturated heterocycles. The van der Waals surface area contributed by atoms with Crippen molar-refractivity contribution in [3.05, 3.63) is 41.1 Å². The Morgan fingerprint density at radius 1 is 1.10 bits per heavy atom. The molecule has 2 heterocycles. The summed E-state index contributed by atoms with van der Waals surface area (Å²) in [7, 11) is 0. The van der Waals surface area contributed by atoms with Crippen LogP contribution in [0.5, 0.6) is 0 Å². The van der Waals surface area contributed by atoms with Crippen LogP contribution in [0.4, 0.5) is 20.5 Å². The third-order valence-corrected chi connectivity index (χ3v) is 5.55. The summed E-state index contributed by atoms with van der Waals surface area (Å²) in [6.07, 6.45) is 3.90. The van der Waals surface area contributed by atoms with E-state index in [1.165, 1.54) is 6.07 Å². The smallest absolute Gasteiger partial charge is 0.225 e. The second-order valence-corrected chi connectivity index (χ2v) is 8.24. The first-order chi connectivity index (χ1) is 14.4. The van der Waals surface area contributed by atoms with E-state index < -0.39 is 11.6 Å². The molecule has 1 aliphatic carbocycles. The van der Waals surface area contributed by atoms with E-state index in [0.717, 1.165) is 43.0 Å². The average molecular weight is 415 g/mol. The van der Waals surface area contributed by atoms with Crippen molar-refractivity contribution >= 4 is 22.8 Å². The number of hydrogen-bond donors (Lipinski definition) is 4. The molecule has 0 unspecified atom stereocenters. The van der Waals surface area contributed by atoms with Crippen molar-refractivity contribution in [2.24, 2.45) is 5.73 Å². The lowest BCUT2D eigenvalue weighted by Crippen LogP contribution is -2.33. The molecule has 160 valence electrons. The lowest BCUT2D eigenvalue weighted by molar-refractivity contribution is 0.410. The molecule has 1 aliphatic rings. The van der Waals surface area contributed by atoms with E-state index >= 15 is 0 Å². The Morgan fingerprint density at radius 3 is 2.57 bits per heavy atom. The van der Waals surface area contributed by atoms with Gasteiger partial charge in [-0.2, -0.15) is 10.1 Å². The van der Waals surface area contributed by atoms with Crippen molar-refractivity contribution in [3.8, 4) is 0 Å². The maximum Gasteiger partial charge on any atom is 0.225 e. The Hall–Kier alpha value is -2.81. The van der Waals surface area contributed by atoms with Gasteiger partial charge in [-0.05, 0) is 49.3 Å². The quantitative estimate of drug-likeness (QED) is 0.484. The summed E-state index contributed by atoms with van der Waals surface area (Å²) in [5, 5.41) is 14.1. The molecule has 0 amide bonds. The maximum atomic E-state index is 13.5. The molecule has 0 aliphatic heterocycles. The van der Waals surface area contributed by atoms with Crippen molar-refractivity contribution in [3.63, 3.8) is 0 Å². The van der Waals surface area contributed by atoms with Gasteiger partial charge in [-0.3, -0.25) is 5.10 Å². The van der Waals surface area contributed by atoms with Crippen molar-refractivity contribution in [1.82, 2.24) is 20.2 Å². The van der Waals surface area contributed by atoms with Crippen LogP contribution in [0.15, 0.2) is 18.2 Å². The van der Waals surface area contributed by atoms with Gasteiger partial charge < -0.3 is 16.4 Å². The predicted molar refractivity (Wildman–Crippen MR) is 113 cm³/mol. The molecule has 5 N–H and O–H groups in total. The summed E-state index contributed by atoms with van der Waals surface area (Å²) in [5.74, 6) is -0.455. The first-order valence-electron chi connectivity index (χ1n) is 10.4. The Bertz CT molecular complexity index is 1030. The standard InChI is InChI=1S/C21H27F2N7/c1-11(2)17-18-19(30-29-17)20(25-10-12-3-8-15(22)16(23)9-12)28-21(27-18)26-14-6-4-13(24)5-7-14/h3,8-9,11,13-14H,4-7,10,24H2,1-2H3,(H,29,30)(H2,25,26,27,28). The van der Waals surface area contributed by atoms with Gasteiger partial charge in [0.05, 0.1) is 5.69 Å². The molecule has 1 aromatic carbocycles. The highest BCUT2D eigenvalue weighted by molar-refractivity contribution is 5.88. The third kappa shape index (κ3) is 4.35. The number of H-pyrrole nitrogens is 1. The fourth-order valence-corrected chi connectivity index (χ4v) is 3.79. The number of hydrogen-bond acceptors (Lipinski definition) is 6. The average Bonchev–Trinajstić information content (AvgIpc) is 3.15. The van der Waals surface area contributed by atoms with E-state index in [4.69, 9.17) is 10.7 Å². The SMILES string of the molecule is CC(C)c1[nH]nc2c(NCc3ccc(F)c(F)c3)nc(NC3CCC(N)CC3)nc12. The van der Waals surface area contributed by atoms with E-state index in [1.54, 1.807) is 6.07 Å². The molecule has 9 heteroatoms. The van der Waals surface area contributed by atoms with Crippen LogP contribution in [-0.2, 0) is 6.54 Å². The van der Waals surface area contributed by atoms with Gasteiger partial charge in [0.25, 0.3) is 0 Å². The fourth-order valence-electron chi connectivity index (χ4n) is 3.79. The summed E-state index contributed by atoms with van der Waals surface area (Å²) >= 11 is 0. The van der Waals surface area contributed by atoms with E-state index in [2.05, 4.69) is 39.7 Å². The number of nitrogens with zero attached hydrogens (tertiary/aromatic N) is 3. The minimum atomic E-state index is -0.873. The monoisotopic (exact) mass is 415 g/mol. The number of nitrogens with one attached hydrogen (secondary N) is 3. The second-order valence-electron chi connectivity index (χ2n) is 8.24. The molecule has 0 radical (unpaired) electrons. The number of anilines is 2. The molecule has 7 nitrogen and oxygen atoms in total. The van der Waals surface area contributed by atoms with Gasteiger partial charge in [-0.25, -0.2) is 13.8 Å². The number of benzene rings is 1. The highest BCUT2D eigenvalue weighted by Crippen LogP contribution is 2.28. The molecule has 30 heavy (non-hydrogen) atoms. The summed E-state index contributed by atoms with van der Waals surface area (Å²) in [6.45, 7) is 4.42. The van der Waals surface area contributed by atoms with Crippen LogP contribution < -0.4 is 16.4 Å². The zero-order valence-corrected chi connectivity index (χ0v) is 17.2. The molecule has 3 aromatic rings. The minimum Gasteiger partial charge on any atom is -0.364 e. The van der Waals surface area contributed by atoms with Crippen LogP contribution in [0, 0.1) is 11.6 Å². The molecule has 4 rings (SSSR count). The highest BCUT2D eigenvalue weighted by Gasteiger charge is 2.21. The van der Waals surface area contributed by atoms with Crippen LogP contribution in [0.3, 0.4) is 0 Å². The number of aromatic amines is 1. The van der Waals surface area contributed by atoms with Crippen LogP contribution in [0.1, 0.15) is 56.7 Å². The molecule has 1 saturated carbocycles. The Balaban J connectivity index is 1.62. The Morgan fingerprint density at radius 2 is 1.87 bits per heavy atom. The lowest BCUT2D eigenvalue weighted by Gasteiger charge is -2.26. The predicted octanol–water partition coefficient (Wildman–Crippen LogP) is 4.05. The van der Waals surface area contributed by atoms with Gasteiger partial charge in [0.1, 0.15) is 5.52 Å². The van der Waals surface area contributed by atoms with Crippen LogP contribution >= 0.6 is 0 Å². The van der Waals surface area contributed by atoms with Gasteiger partial charge in [0.2, 0.25) is 5.95 Å². The molecule has 2 aromatic heterocycles.